The minimum Gasteiger partial charge on any atom is -0.289 e. The Bertz CT molecular complexity index is 792. The number of allylic oxidation sites excluding steroid dienone is 4. The number of fused-ring (bicyclic) bond motifs is 1. The van der Waals surface area contributed by atoms with Crippen LogP contribution in [0, 0.1) is 0 Å². The monoisotopic (exact) mass is 272 g/mol. The number of hydrogen-bond donors (Lipinski definition) is 0. The van der Waals surface area contributed by atoms with E-state index in [9.17, 15) is 4.79 Å². The van der Waals surface area contributed by atoms with Crippen LogP contribution < -0.4 is 0 Å². The molecule has 3 rings (SSSR count). The highest BCUT2D eigenvalue weighted by Crippen LogP contribution is 2.40. The van der Waals surface area contributed by atoms with Gasteiger partial charge in [0, 0.05) is 11.1 Å². The first kappa shape index (κ1) is 13.3. The van der Waals surface area contributed by atoms with E-state index in [0.717, 1.165) is 33.4 Å². The standard InChI is InChI=1S/C20H16O/c1-13(16-9-5-4-6-10-16)19-14(2)17-11-7-8-12-18(17)20(21)15(19)3/h4-12H,1-2H2,3H3. The molecule has 0 saturated carbocycles. The summed E-state index contributed by atoms with van der Waals surface area (Å²) in [5, 5.41) is 0. The summed E-state index contributed by atoms with van der Waals surface area (Å²) in [7, 11) is 0. The molecule has 2 aromatic carbocycles. The van der Waals surface area contributed by atoms with E-state index in [0.29, 0.717) is 5.57 Å². The molecule has 1 nitrogen and oxygen atoms in total. The lowest BCUT2D eigenvalue weighted by atomic mass is 9.78. The van der Waals surface area contributed by atoms with Crippen molar-refractivity contribution >= 4 is 16.9 Å². The highest BCUT2D eigenvalue weighted by atomic mass is 16.1. The molecule has 0 spiro atoms. The SMILES string of the molecule is C=C(C1=C(C)C(=O)c2ccccc2C1=C)c1ccccc1. The van der Waals surface area contributed by atoms with Crippen molar-refractivity contribution < 1.29 is 4.79 Å². The van der Waals surface area contributed by atoms with Gasteiger partial charge in [-0.2, -0.15) is 0 Å². The molecule has 2 aromatic rings. The van der Waals surface area contributed by atoms with E-state index in [-0.39, 0.29) is 5.78 Å². The second kappa shape index (κ2) is 5.02. The molecule has 0 amide bonds. The Kier molecular flexibility index (Phi) is 3.19. The molecule has 0 radical (unpaired) electrons. The van der Waals surface area contributed by atoms with Gasteiger partial charge >= 0.3 is 0 Å². The van der Waals surface area contributed by atoms with Gasteiger partial charge in [-0.05, 0) is 34.8 Å². The minimum absolute atomic E-state index is 0.0603. The third-order valence-electron chi connectivity index (χ3n) is 3.94. The van der Waals surface area contributed by atoms with E-state index >= 15 is 0 Å². The van der Waals surface area contributed by atoms with E-state index < -0.39 is 0 Å². The summed E-state index contributed by atoms with van der Waals surface area (Å²) in [6.45, 7) is 10.2. The minimum atomic E-state index is 0.0603. The van der Waals surface area contributed by atoms with Crippen LogP contribution in [-0.2, 0) is 0 Å². The van der Waals surface area contributed by atoms with Crippen molar-refractivity contribution in [3.8, 4) is 0 Å². The maximum Gasteiger partial charge on any atom is 0.189 e. The molecule has 0 aliphatic heterocycles. The fourth-order valence-electron chi connectivity index (χ4n) is 2.81. The number of carbonyl (C=O) groups excluding carboxylic acids is 1. The predicted octanol–water partition coefficient (Wildman–Crippen LogP) is 4.93. The molecule has 0 saturated heterocycles. The smallest absolute Gasteiger partial charge is 0.189 e. The normalized spacial score (nSPS) is 14.1. The summed E-state index contributed by atoms with van der Waals surface area (Å²) < 4.78 is 0. The second-order valence-corrected chi connectivity index (χ2v) is 5.20. The Balaban J connectivity index is 2.16. The number of rotatable bonds is 2. The topological polar surface area (TPSA) is 17.1 Å². The molecule has 102 valence electrons. The van der Waals surface area contributed by atoms with Crippen molar-refractivity contribution in [2.24, 2.45) is 0 Å². The lowest BCUT2D eigenvalue weighted by Gasteiger charge is -2.24. The van der Waals surface area contributed by atoms with E-state index in [4.69, 9.17) is 0 Å². The van der Waals surface area contributed by atoms with Crippen molar-refractivity contribution in [3.05, 3.63) is 95.6 Å². The first-order valence-electron chi connectivity index (χ1n) is 6.90. The van der Waals surface area contributed by atoms with Crippen molar-refractivity contribution in [2.45, 2.75) is 6.92 Å². The summed E-state index contributed by atoms with van der Waals surface area (Å²) in [5.41, 5.74) is 5.94. The maximum absolute atomic E-state index is 12.6. The van der Waals surface area contributed by atoms with Crippen LogP contribution in [0.25, 0.3) is 11.1 Å². The summed E-state index contributed by atoms with van der Waals surface area (Å²) in [6, 6.07) is 17.5. The molecule has 0 heterocycles. The first-order valence-corrected chi connectivity index (χ1v) is 6.90. The molecule has 0 fully saturated rings. The van der Waals surface area contributed by atoms with Crippen molar-refractivity contribution in [1.82, 2.24) is 0 Å². The maximum atomic E-state index is 12.6. The highest BCUT2D eigenvalue weighted by Gasteiger charge is 2.27. The molecule has 1 heteroatoms. The van der Waals surface area contributed by atoms with Gasteiger partial charge in [0.15, 0.2) is 5.78 Å². The van der Waals surface area contributed by atoms with Crippen LogP contribution in [0.3, 0.4) is 0 Å². The van der Waals surface area contributed by atoms with Gasteiger partial charge < -0.3 is 0 Å². The summed E-state index contributed by atoms with van der Waals surface area (Å²) in [5.74, 6) is 0.0603. The van der Waals surface area contributed by atoms with Crippen LogP contribution in [-0.4, -0.2) is 5.78 Å². The van der Waals surface area contributed by atoms with Crippen molar-refractivity contribution in [2.75, 3.05) is 0 Å². The van der Waals surface area contributed by atoms with Crippen LogP contribution in [0.4, 0.5) is 0 Å². The Morgan fingerprint density at radius 2 is 1.48 bits per heavy atom. The number of carbonyl (C=O) groups is 1. The van der Waals surface area contributed by atoms with Gasteiger partial charge in [-0.1, -0.05) is 67.8 Å². The lowest BCUT2D eigenvalue weighted by molar-refractivity contribution is 0.103. The molecule has 1 aliphatic rings. The number of ketones is 1. The van der Waals surface area contributed by atoms with Crippen molar-refractivity contribution in [1.29, 1.82) is 0 Å². The third kappa shape index (κ3) is 2.07. The molecular formula is C20H16O. The molecule has 0 N–H and O–H groups in total. The summed E-state index contributed by atoms with van der Waals surface area (Å²) in [6.07, 6.45) is 0. The van der Waals surface area contributed by atoms with E-state index in [1.54, 1.807) is 0 Å². The molecule has 0 atom stereocenters. The Morgan fingerprint density at radius 3 is 2.14 bits per heavy atom. The van der Waals surface area contributed by atoms with Crippen molar-refractivity contribution in [3.63, 3.8) is 0 Å². The Labute approximate surface area is 124 Å². The van der Waals surface area contributed by atoms with Crippen LogP contribution in [0.5, 0.6) is 0 Å². The van der Waals surface area contributed by atoms with Crippen LogP contribution in [0.1, 0.15) is 28.4 Å². The van der Waals surface area contributed by atoms with Crippen LogP contribution >= 0.6 is 0 Å². The Hall–Kier alpha value is -2.67. The van der Waals surface area contributed by atoms with E-state index in [2.05, 4.69) is 13.2 Å². The predicted molar refractivity (Wildman–Crippen MR) is 88.0 cm³/mol. The Morgan fingerprint density at radius 1 is 0.905 bits per heavy atom. The van der Waals surface area contributed by atoms with Gasteiger partial charge in [0.2, 0.25) is 0 Å². The van der Waals surface area contributed by atoms with Gasteiger partial charge in [0.25, 0.3) is 0 Å². The molecule has 0 unspecified atom stereocenters. The summed E-state index contributed by atoms with van der Waals surface area (Å²) >= 11 is 0. The highest BCUT2D eigenvalue weighted by molar-refractivity contribution is 6.20. The van der Waals surface area contributed by atoms with E-state index in [1.165, 1.54) is 0 Å². The molecular weight excluding hydrogens is 256 g/mol. The zero-order valence-electron chi connectivity index (χ0n) is 12.0. The van der Waals surface area contributed by atoms with Gasteiger partial charge in [0.05, 0.1) is 0 Å². The van der Waals surface area contributed by atoms with Gasteiger partial charge in [-0.15, -0.1) is 0 Å². The van der Waals surface area contributed by atoms with E-state index in [1.807, 2.05) is 61.5 Å². The largest absolute Gasteiger partial charge is 0.289 e. The van der Waals surface area contributed by atoms with Gasteiger partial charge in [-0.25, -0.2) is 0 Å². The van der Waals surface area contributed by atoms with Gasteiger partial charge in [0.1, 0.15) is 0 Å². The number of benzene rings is 2. The first-order chi connectivity index (χ1) is 10.1. The zero-order chi connectivity index (χ0) is 15.0. The van der Waals surface area contributed by atoms with Gasteiger partial charge in [-0.3, -0.25) is 4.79 Å². The third-order valence-corrected chi connectivity index (χ3v) is 3.94. The quantitative estimate of drug-likeness (QED) is 0.758. The second-order valence-electron chi connectivity index (χ2n) is 5.20. The van der Waals surface area contributed by atoms with Crippen LogP contribution in [0.2, 0.25) is 0 Å². The molecule has 21 heavy (non-hydrogen) atoms. The zero-order valence-corrected chi connectivity index (χ0v) is 12.0. The average Bonchev–Trinajstić information content (AvgIpc) is 2.53. The lowest BCUT2D eigenvalue weighted by Crippen LogP contribution is -2.14. The fourth-order valence-corrected chi connectivity index (χ4v) is 2.81. The molecule has 0 aromatic heterocycles. The average molecular weight is 272 g/mol. The molecule has 1 aliphatic carbocycles. The molecule has 0 bridgehead atoms. The van der Waals surface area contributed by atoms with Crippen LogP contribution in [0.15, 0.2) is 78.9 Å². The fraction of sp³-hybridized carbons (Fsp3) is 0.0500. The summed E-state index contributed by atoms with van der Waals surface area (Å²) in [4.78, 5) is 12.6. The number of Topliss-reactive ketones (excluding diaryl/α,β-unsaturated/α-hetero) is 1. The number of hydrogen-bond acceptors (Lipinski definition) is 1.